The number of aryl methyl sites for hydroxylation is 4. The van der Waals surface area contributed by atoms with Crippen molar-refractivity contribution in [1.29, 1.82) is 0 Å². The molecule has 0 N–H and O–H groups in total. The Morgan fingerprint density at radius 2 is 0.727 bits per heavy atom. The van der Waals surface area contributed by atoms with Crippen molar-refractivity contribution in [3.05, 3.63) is 133 Å². The number of hydrogen-bond donors (Lipinski definition) is 0. The van der Waals surface area contributed by atoms with Crippen molar-refractivity contribution >= 4 is 100 Å². The van der Waals surface area contributed by atoms with Gasteiger partial charge in [-0.05, 0) is 110 Å². The number of hydrogen-bond acceptors (Lipinski definition) is 8. The van der Waals surface area contributed by atoms with E-state index in [2.05, 4.69) is 122 Å². The lowest BCUT2D eigenvalue weighted by atomic mass is 9.75. The molecule has 8 heterocycles. The summed E-state index contributed by atoms with van der Waals surface area (Å²) in [5.74, 6) is 0. The van der Waals surface area contributed by atoms with Crippen LogP contribution in [0.4, 0.5) is 0 Å². The molecule has 0 spiro atoms. The van der Waals surface area contributed by atoms with Crippen molar-refractivity contribution in [3.63, 3.8) is 0 Å². The van der Waals surface area contributed by atoms with Crippen LogP contribution in [-0.4, -0.2) is 0 Å². The van der Waals surface area contributed by atoms with Crippen LogP contribution >= 0.6 is 90.7 Å². The number of rotatable bonds is 4. The van der Waals surface area contributed by atoms with Crippen molar-refractivity contribution in [2.45, 2.75) is 38.5 Å². The molecule has 0 saturated heterocycles. The van der Waals surface area contributed by atoms with Gasteiger partial charge in [-0.2, -0.15) is 0 Å². The SMILES string of the molecule is Cc1ccc(C2(c3ccc(C)s3)c3ccsc3-c3sc4c5c(sc4c32)-c2sccc2C5(c2ccc(C)s2)c2ccc(C)s2)s1. The molecule has 44 heavy (non-hydrogen) atoms. The molecule has 8 aromatic heterocycles. The van der Waals surface area contributed by atoms with Gasteiger partial charge in [0.25, 0.3) is 0 Å². The van der Waals surface area contributed by atoms with Crippen molar-refractivity contribution in [2.75, 3.05) is 0 Å². The fourth-order valence-electron chi connectivity index (χ4n) is 7.58. The Morgan fingerprint density at radius 1 is 0.386 bits per heavy atom. The molecule has 8 heteroatoms. The van der Waals surface area contributed by atoms with Crippen molar-refractivity contribution in [3.8, 4) is 19.5 Å². The molecular weight excluding hydrogens is 689 g/mol. The van der Waals surface area contributed by atoms with E-state index >= 15 is 0 Å². The van der Waals surface area contributed by atoms with Gasteiger partial charge in [0.05, 0.1) is 30.0 Å². The number of fused-ring (bicyclic) bond motifs is 9. The summed E-state index contributed by atoms with van der Waals surface area (Å²) >= 11 is 15.9. The zero-order valence-corrected chi connectivity index (χ0v) is 30.7. The van der Waals surface area contributed by atoms with E-state index in [1.165, 1.54) is 79.1 Å². The van der Waals surface area contributed by atoms with E-state index in [1.807, 2.05) is 68.0 Å². The summed E-state index contributed by atoms with van der Waals surface area (Å²) in [6.07, 6.45) is 0. The summed E-state index contributed by atoms with van der Waals surface area (Å²) in [6, 6.07) is 23.8. The first-order valence-corrected chi connectivity index (χ1v) is 21.1. The zero-order valence-electron chi connectivity index (χ0n) is 24.2. The van der Waals surface area contributed by atoms with Crippen molar-refractivity contribution < 1.29 is 0 Å². The second-order valence-electron chi connectivity index (χ2n) is 11.7. The topological polar surface area (TPSA) is 0 Å². The Kier molecular flexibility index (Phi) is 5.67. The molecule has 0 aliphatic heterocycles. The van der Waals surface area contributed by atoms with Crippen molar-refractivity contribution in [2.24, 2.45) is 0 Å². The maximum atomic E-state index is 2.43. The second kappa shape index (κ2) is 9.23. The highest BCUT2D eigenvalue weighted by molar-refractivity contribution is 7.34. The van der Waals surface area contributed by atoms with Gasteiger partial charge < -0.3 is 0 Å². The summed E-state index contributed by atoms with van der Waals surface area (Å²) < 4.78 is 3.00. The van der Waals surface area contributed by atoms with E-state index in [0.717, 1.165) is 0 Å². The first-order chi connectivity index (χ1) is 21.4. The molecule has 0 nitrogen and oxygen atoms in total. The Labute approximate surface area is 288 Å². The third-order valence-corrected chi connectivity index (χ3v) is 18.4. The van der Waals surface area contributed by atoms with Gasteiger partial charge in [0.1, 0.15) is 0 Å². The molecule has 216 valence electrons. The zero-order chi connectivity index (χ0) is 29.5. The van der Waals surface area contributed by atoms with E-state index in [4.69, 9.17) is 0 Å². The van der Waals surface area contributed by atoms with Crippen molar-refractivity contribution in [1.82, 2.24) is 0 Å². The highest BCUT2D eigenvalue weighted by Gasteiger charge is 2.55. The van der Waals surface area contributed by atoms with Crippen LogP contribution in [0, 0.1) is 27.7 Å². The van der Waals surface area contributed by atoms with Crippen LogP contribution in [0.25, 0.3) is 28.9 Å². The molecule has 0 unspecified atom stereocenters. The molecule has 0 atom stereocenters. The Hall–Kier alpha value is -2.14. The summed E-state index contributed by atoms with van der Waals surface area (Å²) in [5.41, 5.74) is 5.51. The van der Waals surface area contributed by atoms with Crippen LogP contribution in [0.3, 0.4) is 0 Å². The molecule has 0 radical (unpaired) electrons. The summed E-state index contributed by atoms with van der Waals surface area (Å²) in [5, 5.41) is 4.65. The van der Waals surface area contributed by atoms with Crippen LogP contribution in [0.1, 0.15) is 61.3 Å². The van der Waals surface area contributed by atoms with Crippen LogP contribution in [0.15, 0.2) is 71.4 Å². The molecule has 0 fully saturated rings. The predicted molar refractivity (Wildman–Crippen MR) is 201 cm³/mol. The van der Waals surface area contributed by atoms with Gasteiger partial charge in [0.15, 0.2) is 0 Å². The fraction of sp³-hybridized carbons (Fsp3) is 0.167. The fourth-order valence-corrected chi connectivity index (χ4v) is 17.4. The first-order valence-electron chi connectivity index (χ1n) is 14.5. The molecule has 0 bridgehead atoms. The van der Waals surface area contributed by atoms with E-state index in [0.29, 0.717) is 0 Å². The molecule has 2 aliphatic rings. The Bertz CT molecular complexity index is 2160. The minimum atomic E-state index is -0.265. The van der Waals surface area contributed by atoms with Gasteiger partial charge in [-0.15, -0.1) is 90.7 Å². The van der Waals surface area contributed by atoms with Crippen LogP contribution < -0.4 is 0 Å². The largest absolute Gasteiger partial charge is 0.144 e. The van der Waals surface area contributed by atoms with Gasteiger partial charge >= 0.3 is 0 Å². The summed E-state index contributed by atoms with van der Waals surface area (Å²) in [4.78, 5) is 17.2. The number of thiophene rings is 8. The molecular formula is C36H24S8. The van der Waals surface area contributed by atoms with E-state index in [-0.39, 0.29) is 10.8 Å². The van der Waals surface area contributed by atoms with Gasteiger partial charge in [-0.25, -0.2) is 0 Å². The van der Waals surface area contributed by atoms with Crippen LogP contribution in [0.2, 0.25) is 0 Å². The second-order valence-corrected chi connectivity index (χ2v) is 20.8. The van der Waals surface area contributed by atoms with Crippen LogP contribution in [0.5, 0.6) is 0 Å². The predicted octanol–water partition coefficient (Wildman–Crippen LogP) is 13.3. The maximum absolute atomic E-state index is 2.43. The van der Waals surface area contributed by atoms with Gasteiger partial charge in [-0.1, -0.05) is 0 Å². The highest BCUT2D eigenvalue weighted by Crippen LogP contribution is 2.70. The average molecular weight is 713 g/mol. The minimum Gasteiger partial charge on any atom is -0.144 e. The van der Waals surface area contributed by atoms with Gasteiger partial charge in [-0.3, -0.25) is 0 Å². The molecule has 0 saturated carbocycles. The van der Waals surface area contributed by atoms with Gasteiger partial charge in [0.2, 0.25) is 0 Å². The quantitative estimate of drug-likeness (QED) is 0.170. The van der Waals surface area contributed by atoms with E-state index in [1.54, 1.807) is 11.1 Å². The molecule has 10 rings (SSSR count). The Balaban J connectivity index is 1.38. The summed E-state index contributed by atoms with van der Waals surface area (Å²) in [6.45, 7) is 9.03. The Morgan fingerprint density at radius 3 is 1.02 bits per heavy atom. The van der Waals surface area contributed by atoms with Gasteiger partial charge in [0, 0.05) is 59.9 Å². The molecule has 2 aliphatic carbocycles. The third-order valence-electron chi connectivity index (χ3n) is 9.26. The molecule has 8 aromatic rings. The lowest BCUT2D eigenvalue weighted by Gasteiger charge is -2.30. The lowest BCUT2D eigenvalue weighted by molar-refractivity contribution is 0.817. The summed E-state index contributed by atoms with van der Waals surface area (Å²) in [7, 11) is 0. The van der Waals surface area contributed by atoms with Crippen LogP contribution in [-0.2, 0) is 10.8 Å². The van der Waals surface area contributed by atoms with E-state index < -0.39 is 0 Å². The average Bonchev–Trinajstić information content (AvgIpc) is 3.82. The molecule has 0 aromatic carbocycles. The third kappa shape index (κ3) is 3.17. The minimum absolute atomic E-state index is 0.265. The maximum Gasteiger partial charge on any atom is 0.0930 e. The normalized spacial score (nSPS) is 15.6. The molecule has 0 amide bonds. The lowest BCUT2D eigenvalue weighted by Crippen LogP contribution is -2.26. The smallest absolute Gasteiger partial charge is 0.0930 e. The van der Waals surface area contributed by atoms with E-state index in [9.17, 15) is 0 Å². The first kappa shape index (κ1) is 27.0. The standard InChI is InChI=1S/C36H24S8/c1-17-5-9-23(39-17)35(24-10-6-18(2)40-24)21-13-15-37-29(21)31-27(35)33-34(43-31)28-32(44-33)30-22(14-16-38-30)36(28,25-11-7-19(3)41-25)26-12-8-20(4)42-26/h5-16H,1-4H3. The monoisotopic (exact) mass is 712 g/mol. The highest BCUT2D eigenvalue weighted by atomic mass is 32.1.